The Morgan fingerprint density at radius 2 is 1.28 bits per heavy atom. The molecule has 10 heteroatoms. The van der Waals surface area contributed by atoms with Gasteiger partial charge in [-0.2, -0.15) is 0 Å². The summed E-state index contributed by atoms with van der Waals surface area (Å²) in [5.74, 6) is -0.965. The monoisotopic (exact) mass is 669 g/mol. The van der Waals surface area contributed by atoms with E-state index in [9.17, 15) is 19.0 Å². The largest absolute Gasteiger partial charge is 0.756 e. The molecule has 0 aliphatic carbocycles. The van der Waals surface area contributed by atoms with Crippen molar-refractivity contribution < 1.29 is 42.1 Å². The molecular weight excluding hydrogens is 605 g/mol. The zero-order valence-corrected chi connectivity index (χ0v) is 30.4. The molecule has 0 spiro atoms. The fraction of sp³-hybridized carbons (Fsp3) is 0.722. The van der Waals surface area contributed by atoms with Gasteiger partial charge >= 0.3 is 11.9 Å². The van der Waals surface area contributed by atoms with Crippen LogP contribution in [0.1, 0.15) is 117 Å². The van der Waals surface area contributed by atoms with E-state index < -0.39 is 32.5 Å². The minimum atomic E-state index is -4.63. The SMILES string of the molecule is CC/C=C/C/C=C/CCCCC(=O)OCC(COP(=O)([O-])OCC[N+](C)(C)C)OC(=O)CC/C=C/C/C=C/CCCCCCCC. The molecule has 46 heavy (non-hydrogen) atoms. The number of unbranched alkanes of at least 4 members (excludes halogenated alkanes) is 8. The van der Waals surface area contributed by atoms with Crippen molar-refractivity contribution in [3.8, 4) is 0 Å². The summed E-state index contributed by atoms with van der Waals surface area (Å²) in [7, 11) is 1.11. The number of ether oxygens (including phenoxy) is 2. The predicted molar refractivity (Wildman–Crippen MR) is 185 cm³/mol. The highest BCUT2D eigenvalue weighted by atomic mass is 31.2. The lowest BCUT2D eigenvalue weighted by molar-refractivity contribution is -0.870. The number of carbonyl (C=O) groups excluding carboxylic acids is 2. The van der Waals surface area contributed by atoms with Gasteiger partial charge in [0.25, 0.3) is 7.82 Å². The molecule has 0 aromatic carbocycles. The van der Waals surface area contributed by atoms with Crippen LogP contribution in [-0.4, -0.2) is 70.0 Å². The second-order valence-corrected chi connectivity index (χ2v) is 13.9. The quantitative estimate of drug-likeness (QED) is 0.0248. The molecule has 0 amide bonds. The van der Waals surface area contributed by atoms with Crippen LogP contribution in [0.2, 0.25) is 0 Å². The number of likely N-dealkylation sites (N-methyl/N-ethyl adjacent to an activating group) is 1. The lowest BCUT2D eigenvalue weighted by Gasteiger charge is -2.28. The van der Waals surface area contributed by atoms with Gasteiger partial charge in [0.2, 0.25) is 0 Å². The first kappa shape index (κ1) is 44.0. The van der Waals surface area contributed by atoms with E-state index in [0.717, 1.165) is 38.5 Å². The van der Waals surface area contributed by atoms with E-state index in [-0.39, 0.29) is 26.1 Å². The molecule has 0 aliphatic rings. The molecule has 266 valence electrons. The van der Waals surface area contributed by atoms with Gasteiger partial charge in [0.1, 0.15) is 19.8 Å². The fourth-order valence-corrected chi connectivity index (χ4v) is 4.82. The van der Waals surface area contributed by atoms with Crippen molar-refractivity contribution in [2.45, 2.75) is 123 Å². The number of hydrogen-bond donors (Lipinski definition) is 0. The molecule has 0 heterocycles. The maximum Gasteiger partial charge on any atom is 0.306 e. The molecule has 0 N–H and O–H groups in total. The molecule has 0 aliphatic heterocycles. The minimum absolute atomic E-state index is 0.0467. The van der Waals surface area contributed by atoms with Crippen LogP contribution in [0.5, 0.6) is 0 Å². The highest BCUT2D eigenvalue weighted by molar-refractivity contribution is 7.45. The molecule has 9 nitrogen and oxygen atoms in total. The first-order valence-corrected chi connectivity index (χ1v) is 18.8. The van der Waals surface area contributed by atoms with Crippen molar-refractivity contribution in [1.82, 2.24) is 0 Å². The van der Waals surface area contributed by atoms with Gasteiger partial charge in [-0.15, -0.1) is 0 Å². The maximum absolute atomic E-state index is 12.5. The Bertz CT molecular complexity index is 939. The minimum Gasteiger partial charge on any atom is -0.756 e. The van der Waals surface area contributed by atoms with Crippen LogP contribution in [0.15, 0.2) is 48.6 Å². The van der Waals surface area contributed by atoms with Crippen molar-refractivity contribution in [3.63, 3.8) is 0 Å². The summed E-state index contributed by atoms with van der Waals surface area (Å²) in [6.07, 6.45) is 30.4. The van der Waals surface area contributed by atoms with Crippen molar-refractivity contribution in [2.24, 2.45) is 0 Å². The third-order valence-corrected chi connectivity index (χ3v) is 7.81. The van der Waals surface area contributed by atoms with Crippen LogP contribution in [0, 0.1) is 0 Å². The summed E-state index contributed by atoms with van der Waals surface area (Å²) >= 11 is 0. The van der Waals surface area contributed by atoms with E-state index in [0.29, 0.717) is 23.9 Å². The standard InChI is InChI=1S/C36H64NO8P/c1-6-8-10-12-14-16-17-18-19-21-23-25-27-29-36(39)45-34(33-44-46(40,41)43-31-30-37(3,4)5)32-42-35(38)28-26-24-22-20-15-13-11-9-7-2/h9,11,15,18-20,23,25,34H,6-8,10,12-14,16-17,21-22,24,26-33H2,1-5H3/b11-9+,19-18+,20-15+,25-23+. The first-order valence-electron chi connectivity index (χ1n) is 17.3. The Morgan fingerprint density at radius 1 is 0.696 bits per heavy atom. The van der Waals surface area contributed by atoms with Crippen molar-refractivity contribution in [3.05, 3.63) is 48.6 Å². The summed E-state index contributed by atoms with van der Waals surface area (Å²) in [6, 6.07) is 0. The lowest BCUT2D eigenvalue weighted by atomic mass is 10.1. The Balaban J connectivity index is 4.63. The van der Waals surface area contributed by atoms with Gasteiger partial charge in [0.15, 0.2) is 6.10 Å². The molecule has 0 radical (unpaired) electrons. The van der Waals surface area contributed by atoms with E-state index in [1.165, 1.54) is 38.5 Å². The van der Waals surface area contributed by atoms with E-state index in [1.54, 1.807) is 0 Å². The average Bonchev–Trinajstić information content (AvgIpc) is 2.99. The first-order chi connectivity index (χ1) is 22.0. The lowest BCUT2D eigenvalue weighted by Crippen LogP contribution is -2.37. The number of carbonyl (C=O) groups is 2. The van der Waals surface area contributed by atoms with E-state index in [4.69, 9.17) is 18.5 Å². The second kappa shape index (κ2) is 29.1. The third-order valence-electron chi connectivity index (χ3n) is 6.85. The normalized spacial score (nSPS) is 14.5. The zero-order valence-electron chi connectivity index (χ0n) is 29.5. The van der Waals surface area contributed by atoms with E-state index in [1.807, 2.05) is 33.3 Å². The van der Waals surface area contributed by atoms with Crippen LogP contribution in [0.3, 0.4) is 0 Å². The molecule has 2 unspecified atom stereocenters. The number of quaternary nitrogens is 1. The molecule has 0 rings (SSSR count). The molecule has 0 saturated heterocycles. The van der Waals surface area contributed by atoms with Gasteiger partial charge < -0.3 is 27.9 Å². The molecule has 0 aromatic rings. The number of allylic oxidation sites excluding steroid dienone is 8. The number of phosphoric acid groups is 1. The van der Waals surface area contributed by atoms with Gasteiger partial charge in [0, 0.05) is 12.8 Å². The van der Waals surface area contributed by atoms with Crippen molar-refractivity contribution in [2.75, 3.05) is 47.5 Å². The number of rotatable bonds is 30. The van der Waals surface area contributed by atoms with Gasteiger partial charge in [0.05, 0.1) is 27.7 Å². The van der Waals surface area contributed by atoms with Gasteiger partial charge in [-0.3, -0.25) is 14.2 Å². The van der Waals surface area contributed by atoms with Gasteiger partial charge in [-0.05, 0) is 57.8 Å². The van der Waals surface area contributed by atoms with Crippen LogP contribution < -0.4 is 4.89 Å². The summed E-state index contributed by atoms with van der Waals surface area (Å²) in [5.41, 5.74) is 0. The summed E-state index contributed by atoms with van der Waals surface area (Å²) in [5, 5.41) is 0. The molecule has 0 bridgehead atoms. The summed E-state index contributed by atoms with van der Waals surface area (Å²) in [6.45, 7) is 3.94. The van der Waals surface area contributed by atoms with Crippen LogP contribution >= 0.6 is 7.82 Å². The fourth-order valence-electron chi connectivity index (χ4n) is 4.09. The van der Waals surface area contributed by atoms with Crippen molar-refractivity contribution in [1.29, 1.82) is 0 Å². The Hall–Kier alpha value is -2.03. The summed E-state index contributed by atoms with van der Waals surface area (Å²) in [4.78, 5) is 37.1. The topological polar surface area (TPSA) is 111 Å². The third kappa shape index (κ3) is 31.9. The van der Waals surface area contributed by atoms with Crippen LogP contribution in [0.25, 0.3) is 0 Å². The van der Waals surface area contributed by atoms with Gasteiger partial charge in [-0.25, -0.2) is 0 Å². The predicted octanol–water partition coefficient (Wildman–Crippen LogP) is 8.16. The zero-order chi connectivity index (χ0) is 34.4. The molecular formula is C36H64NO8P. The smallest absolute Gasteiger partial charge is 0.306 e. The summed E-state index contributed by atoms with van der Waals surface area (Å²) < 4.78 is 33.5. The van der Waals surface area contributed by atoms with Crippen molar-refractivity contribution >= 4 is 19.8 Å². The Labute approximate surface area is 280 Å². The Morgan fingerprint density at radius 3 is 1.91 bits per heavy atom. The molecule has 0 saturated carbocycles. The average molecular weight is 670 g/mol. The highest BCUT2D eigenvalue weighted by Gasteiger charge is 2.21. The van der Waals surface area contributed by atoms with Gasteiger partial charge in [-0.1, -0.05) is 94.6 Å². The maximum atomic E-state index is 12.5. The highest BCUT2D eigenvalue weighted by Crippen LogP contribution is 2.38. The molecule has 2 atom stereocenters. The van der Waals surface area contributed by atoms with Crippen LogP contribution in [0.4, 0.5) is 0 Å². The second-order valence-electron chi connectivity index (χ2n) is 12.5. The number of nitrogens with zero attached hydrogens (tertiary/aromatic N) is 1. The van der Waals surface area contributed by atoms with E-state index >= 15 is 0 Å². The Kier molecular flexibility index (Phi) is 27.8. The number of hydrogen-bond acceptors (Lipinski definition) is 8. The van der Waals surface area contributed by atoms with Crippen LogP contribution in [-0.2, 0) is 32.7 Å². The molecule has 0 aromatic heterocycles. The number of esters is 2. The van der Waals surface area contributed by atoms with E-state index in [2.05, 4.69) is 50.3 Å². The molecule has 0 fully saturated rings. The number of phosphoric ester groups is 1.